The number of carbonyl (C=O) groups is 6. The van der Waals surface area contributed by atoms with Crippen molar-refractivity contribution < 1.29 is 53.2 Å². The lowest BCUT2D eigenvalue weighted by atomic mass is 9.83. The van der Waals surface area contributed by atoms with Gasteiger partial charge in [-0.15, -0.1) is 0 Å². The van der Waals surface area contributed by atoms with Crippen molar-refractivity contribution in [2.45, 2.75) is 115 Å². The number of amides is 6. The number of ether oxygens (including phenoxy) is 4. The van der Waals surface area contributed by atoms with E-state index in [1.165, 1.54) is 9.80 Å². The molecule has 2 aliphatic rings. The van der Waals surface area contributed by atoms with Gasteiger partial charge in [-0.25, -0.2) is 9.59 Å². The van der Waals surface area contributed by atoms with E-state index in [0.717, 1.165) is 49.7 Å². The summed E-state index contributed by atoms with van der Waals surface area (Å²) in [5, 5.41) is 14.6. The van der Waals surface area contributed by atoms with Crippen molar-refractivity contribution in [2.75, 3.05) is 78.4 Å². The summed E-state index contributed by atoms with van der Waals surface area (Å²) in [6, 6.07) is 35.9. The molecular formula is C70H86Cl4N8O11. The van der Waals surface area contributed by atoms with Crippen LogP contribution < -0.4 is 40.5 Å². The maximum Gasteiger partial charge on any atom is 0.407 e. The molecule has 0 aromatic heterocycles. The summed E-state index contributed by atoms with van der Waals surface area (Å²) in [5.74, 6) is 0.285. The first kappa shape index (κ1) is 74.4. The number of halogens is 4. The third kappa shape index (κ3) is 18.0. The highest BCUT2D eigenvalue weighted by atomic mass is 35.5. The number of methoxy groups -OCH3 is 2. The Hall–Kier alpha value is -7.62. The number of nitrogens with one attached hydrogen (secondary N) is 4. The molecule has 0 saturated carbocycles. The fourth-order valence-corrected chi connectivity index (χ4v) is 12.0. The van der Waals surface area contributed by atoms with Crippen molar-refractivity contribution in [1.29, 1.82) is 0 Å². The van der Waals surface area contributed by atoms with Gasteiger partial charge in [0.2, 0.25) is 0 Å². The van der Waals surface area contributed by atoms with Gasteiger partial charge in [0.1, 0.15) is 22.7 Å². The van der Waals surface area contributed by atoms with E-state index < -0.39 is 34.5 Å². The number of anilines is 2. The van der Waals surface area contributed by atoms with Crippen molar-refractivity contribution in [3.8, 4) is 11.5 Å². The predicted octanol–water partition coefficient (Wildman–Crippen LogP) is 12.7. The van der Waals surface area contributed by atoms with Crippen molar-refractivity contribution in [3.05, 3.63) is 186 Å². The molecule has 93 heavy (non-hydrogen) atoms. The Kier molecular flexibility index (Phi) is 26.0. The van der Waals surface area contributed by atoms with Crippen LogP contribution in [0.5, 0.6) is 11.5 Å². The van der Waals surface area contributed by atoms with Gasteiger partial charge in [0.25, 0.3) is 23.6 Å². The van der Waals surface area contributed by atoms with Crippen LogP contribution in [0, 0.1) is 0 Å². The minimum absolute atomic E-state index is 0. The number of alkyl carbamates (subject to hydrolysis) is 2. The van der Waals surface area contributed by atoms with Gasteiger partial charge in [-0.3, -0.25) is 29.8 Å². The van der Waals surface area contributed by atoms with Gasteiger partial charge in [0.05, 0.1) is 38.7 Å². The number of unbranched alkanes of at least 4 members (excludes halogenated alkanes) is 4. The topological polar surface area (TPSA) is 232 Å². The Morgan fingerprint density at radius 1 is 0.473 bits per heavy atom. The molecular weight excluding hydrogens is 1270 g/mol. The molecule has 0 bridgehead atoms. The molecule has 0 aliphatic carbocycles. The summed E-state index contributed by atoms with van der Waals surface area (Å²) < 4.78 is 22.0. The first-order valence-corrected chi connectivity index (χ1v) is 32.0. The Morgan fingerprint density at radius 2 is 0.828 bits per heavy atom. The number of rotatable bonds is 24. The number of benzene rings is 6. The van der Waals surface area contributed by atoms with E-state index in [1.54, 1.807) is 101 Å². The number of hydrogen-bond acceptors (Lipinski definition) is 12. The molecule has 2 heterocycles. The van der Waals surface area contributed by atoms with Crippen LogP contribution in [-0.4, -0.2) is 131 Å². The van der Waals surface area contributed by atoms with Crippen molar-refractivity contribution in [2.24, 2.45) is 0 Å². The van der Waals surface area contributed by atoms with Crippen LogP contribution in [0.1, 0.15) is 134 Å². The Bertz CT molecular complexity index is 3420. The molecule has 0 saturated heterocycles. The van der Waals surface area contributed by atoms with E-state index in [-0.39, 0.29) is 42.2 Å². The fraction of sp³-hybridized carbons (Fsp3) is 0.400. The smallest absolute Gasteiger partial charge is 0.407 e. The van der Waals surface area contributed by atoms with E-state index in [2.05, 4.69) is 21.3 Å². The van der Waals surface area contributed by atoms with Gasteiger partial charge in [-0.2, -0.15) is 0 Å². The highest BCUT2D eigenvalue weighted by Crippen LogP contribution is 2.50. The SMILES string of the molecule is COc1cc(C(=O)N(C)C)ccc1CN1C(=O)C(NCCCCCNC(=O)OC(C)(C)C)(c2ccccc2Cl)c2cc(Cl)ccc21.COc1cc(C(=O)N(C)C)ccc1CN1C(=O)C(NCCCCCNC(=O)OC(C)(C)C)(c2ccccc2Cl)c2cc(Cl)ccc21.O. The Labute approximate surface area is 565 Å². The van der Waals surface area contributed by atoms with Crippen molar-refractivity contribution >= 4 is 93.6 Å². The van der Waals surface area contributed by atoms with Crippen molar-refractivity contribution in [3.63, 3.8) is 0 Å². The standard InChI is InChI=1S/2C35H42Cl2N4O5.H2O/c2*1-34(2,3)46-33(44)38-18-10-7-11-19-39-35(26-12-8-9-13-28(26)37)27-21-25(36)16-17-29(27)41(32(35)43)22-24-15-14-23(20-30(24)45-6)31(42)40(4)5;/h2*8-9,12-17,20-21,39H,7,10-11,18-19,22H2,1-6H3,(H,38,44);1H2. The third-order valence-electron chi connectivity index (χ3n) is 15.4. The maximum atomic E-state index is 14.8. The minimum Gasteiger partial charge on any atom is -0.496 e. The van der Waals surface area contributed by atoms with E-state index in [0.29, 0.717) is 103 Å². The zero-order valence-electron chi connectivity index (χ0n) is 54.9. The maximum absolute atomic E-state index is 14.8. The van der Waals surface area contributed by atoms with Crippen LogP contribution in [0.4, 0.5) is 21.0 Å². The molecule has 8 rings (SSSR count). The van der Waals surface area contributed by atoms with Gasteiger partial charge in [0, 0.05) is 106 Å². The summed E-state index contributed by atoms with van der Waals surface area (Å²) >= 11 is 26.7. The molecule has 2 unspecified atom stereocenters. The predicted molar refractivity (Wildman–Crippen MR) is 368 cm³/mol. The van der Waals surface area contributed by atoms with E-state index in [1.807, 2.05) is 114 Å². The van der Waals surface area contributed by atoms with Crippen LogP contribution >= 0.6 is 46.4 Å². The largest absolute Gasteiger partial charge is 0.496 e. The van der Waals surface area contributed by atoms with Gasteiger partial charge in [-0.1, -0.05) is 108 Å². The monoisotopic (exact) mass is 1350 g/mol. The molecule has 6 aromatic carbocycles. The van der Waals surface area contributed by atoms with Gasteiger partial charge in [0.15, 0.2) is 11.1 Å². The lowest BCUT2D eigenvalue weighted by Crippen LogP contribution is -2.52. The molecule has 500 valence electrons. The fourth-order valence-electron chi connectivity index (χ4n) is 11.1. The summed E-state index contributed by atoms with van der Waals surface area (Å²) in [7, 11) is 9.85. The molecule has 0 spiro atoms. The zero-order chi connectivity index (χ0) is 67.3. The third-order valence-corrected chi connectivity index (χ3v) is 16.5. The second-order valence-electron chi connectivity index (χ2n) is 24.8. The quantitative estimate of drug-likeness (QED) is 0.0415. The van der Waals surface area contributed by atoms with E-state index in [9.17, 15) is 28.8 Å². The molecule has 6 amide bonds. The van der Waals surface area contributed by atoms with Crippen LogP contribution in [0.15, 0.2) is 121 Å². The molecule has 19 nitrogen and oxygen atoms in total. The molecule has 0 radical (unpaired) electrons. The molecule has 2 atom stereocenters. The summed E-state index contributed by atoms with van der Waals surface area (Å²) in [6.07, 6.45) is 3.69. The average molecular weight is 1360 g/mol. The number of fused-ring (bicyclic) bond motifs is 2. The van der Waals surface area contributed by atoms with Crippen LogP contribution in [-0.2, 0) is 43.2 Å². The minimum atomic E-state index is -1.30. The van der Waals surface area contributed by atoms with Crippen LogP contribution in [0.2, 0.25) is 20.1 Å². The number of carbonyl (C=O) groups excluding carboxylic acids is 6. The van der Waals surface area contributed by atoms with Gasteiger partial charge < -0.3 is 54.7 Å². The second kappa shape index (κ2) is 32.5. The lowest BCUT2D eigenvalue weighted by molar-refractivity contribution is -0.123. The second-order valence-corrected chi connectivity index (χ2v) is 26.5. The molecule has 0 fully saturated rings. The first-order chi connectivity index (χ1) is 43.6. The van der Waals surface area contributed by atoms with Crippen LogP contribution in [0.25, 0.3) is 0 Å². The van der Waals surface area contributed by atoms with Gasteiger partial charge in [-0.05, 0) is 153 Å². The zero-order valence-corrected chi connectivity index (χ0v) is 57.9. The van der Waals surface area contributed by atoms with Gasteiger partial charge >= 0.3 is 12.2 Å². The number of hydrogen-bond donors (Lipinski definition) is 4. The summed E-state index contributed by atoms with van der Waals surface area (Å²) in [6.45, 7) is 13.3. The highest BCUT2D eigenvalue weighted by molar-refractivity contribution is 6.33. The number of nitrogens with zero attached hydrogens (tertiary/aromatic N) is 4. The molecule has 2 aliphatic heterocycles. The summed E-state index contributed by atoms with van der Waals surface area (Å²) in [5.41, 5.74) is 2.75. The normalized spacial score (nSPS) is 15.7. The molecule has 23 heteroatoms. The van der Waals surface area contributed by atoms with E-state index >= 15 is 0 Å². The summed E-state index contributed by atoms with van der Waals surface area (Å²) in [4.78, 5) is 85.1. The first-order valence-electron chi connectivity index (χ1n) is 30.5. The Morgan fingerprint density at radius 3 is 1.16 bits per heavy atom. The van der Waals surface area contributed by atoms with Crippen LogP contribution in [0.3, 0.4) is 0 Å². The van der Waals surface area contributed by atoms with E-state index in [4.69, 9.17) is 65.4 Å². The lowest BCUT2D eigenvalue weighted by Gasteiger charge is -2.32. The molecule has 6 N–H and O–H groups in total. The molecule has 6 aromatic rings. The van der Waals surface area contributed by atoms with Crippen molar-refractivity contribution in [1.82, 2.24) is 31.1 Å². The highest BCUT2D eigenvalue weighted by Gasteiger charge is 2.54. The average Bonchev–Trinajstić information content (AvgIpc) is 1.58. The Balaban J connectivity index is 0.000000292.